The van der Waals surface area contributed by atoms with Crippen LogP contribution in [0.2, 0.25) is 0 Å². The molecule has 1 heterocycles. The Labute approximate surface area is 90.0 Å². The van der Waals surface area contributed by atoms with E-state index < -0.39 is 0 Å². The van der Waals surface area contributed by atoms with Gasteiger partial charge in [0.05, 0.1) is 5.56 Å². The Morgan fingerprint density at radius 1 is 1.40 bits per heavy atom. The molecule has 1 rings (SSSR count). The zero-order valence-corrected chi connectivity index (χ0v) is 9.08. The number of nitrogens with zero attached hydrogens (tertiary/aromatic N) is 2. The van der Waals surface area contributed by atoms with E-state index in [2.05, 4.69) is 21.8 Å². The van der Waals surface area contributed by atoms with Crippen molar-refractivity contribution in [2.45, 2.75) is 33.1 Å². The first kappa shape index (κ1) is 11.4. The minimum absolute atomic E-state index is 0.218. The summed E-state index contributed by atoms with van der Waals surface area (Å²) in [4.78, 5) is 18.7. The van der Waals surface area contributed by atoms with E-state index in [1.165, 1.54) is 0 Å². The van der Waals surface area contributed by atoms with E-state index in [0.29, 0.717) is 6.42 Å². The molecule has 3 nitrogen and oxygen atoms in total. The first-order valence-corrected chi connectivity index (χ1v) is 4.95. The van der Waals surface area contributed by atoms with Gasteiger partial charge in [0.25, 0.3) is 0 Å². The highest BCUT2D eigenvalue weighted by atomic mass is 16.1. The van der Waals surface area contributed by atoms with Crippen molar-refractivity contribution in [2.75, 3.05) is 0 Å². The molecule has 0 aliphatic heterocycles. The van der Waals surface area contributed by atoms with Crippen LogP contribution in [0.1, 0.15) is 37.6 Å². The Morgan fingerprint density at radius 3 is 2.67 bits per heavy atom. The molecule has 0 bridgehead atoms. The van der Waals surface area contributed by atoms with E-state index >= 15 is 0 Å². The smallest absolute Gasteiger partial charge is 0.129 e. The van der Waals surface area contributed by atoms with Crippen molar-refractivity contribution >= 4 is 5.78 Å². The summed E-state index contributed by atoms with van der Waals surface area (Å²) in [7, 11) is 0. The Kier molecular flexibility index (Phi) is 4.49. The summed E-state index contributed by atoms with van der Waals surface area (Å²) in [5, 5.41) is 0. The molecule has 15 heavy (non-hydrogen) atoms. The van der Waals surface area contributed by atoms with Gasteiger partial charge in [-0.1, -0.05) is 11.8 Å². The van der Waals surface area contributed by atoms with Gasteiger partial charge in [0.2, 0.25) is 0 Å². The van der Waals surface area contributed by atoms with E-state index in [9.17, 15) is 4.79 Å². The number of aromatic nitrogens is 2. The fourth-order valence-electron chi connectivity index (χ4n) is 1.05. The second-order valence-electron chi connectivity index (χ2n) is 3.38. The number of ketones is 1. The van der Waals surface area contributed by atoms with Gasteiger partial charge in [0.15, 0.2) is 0 Å². The van der Waals surface area contributed by atoms with Gasteiger partial charge < -0.3 is 4.79 Å². The summed E-state index contributed by atoms with van der Waals surface area (Å²) in [6, 6.07) is 0. The molecule has 0 aliphatic carbocycles. The third-order valence-corrected chi connectivity index (χ3v) is 1.84. The standard InChI is InChI=1S/C12H14N2O/c1-10(15)6-4-3-5-7-12-8-13-11(2)14-9-12/h8-9H,3-4,6H2,1-2H3. The van der Waals surface area contributed by atoms with E-state index in [4.69, 9.17) is 0 Å². The average Bonchev–Trinajstić information content (AvgIpc) is 2.20. The molecule has 0 saturated carbocycles. The van der Waals surface area contributed by atoms with Crippen LogP contribution >= 0.6 is 0 Å². The molecule has 0 radical (unpaired) electrons. The number of carbonyl (C=O) groups is 1. The molecule has 0 amide bonds. The lowest BCUT2D eigenvalue weighted by molar-refractivity contribution is -0.117. The molecule has 3 heteroatoms. The van der Waals surface area contributed by atoms with Crippen LogP contribution in [0.5, 0.6) is 0 Å². The zero-order valence-electron chi connectivity index (χ0n) is 9.08. The molecule has 78 valence electrons. The van der Waals surface area contributed by atoms with Gasteiger partial charge in [-0.15, -0.1) is 0 Å². The predicted molar refractivity (Wildman–Crippen MR) is 58.2 cm³/mol. The van der Waals surface area contributed by atoms with Gasteiger partial charge in [-0.25, -0.2) is 9.97 Å². The maximum atomic E-state index is 10.6. The molecule has 0 aliphatic rings. The second kappa shape index (κ2) is 5.92. The quantitative estimate of drug-likeness (QED) is 0.555. The third kappa shape index (κ3) is 4.92. The van der Waals surface area contributed by atoms with Crippen molar-refractivity contribution in [3.05, 3.63) is 23.8 Å². The fourth-order valence-corrected chi connectivity index (χ4v) is 1.05. The van der Waals surface area contributed by atoms with Gasteiger partial charge in [0, 0.05) is 25.2 Å². The lowest BCUT2D eigenvalue weighted by Crippen LogP contribution is -1.88. The molecule has 0 unspecified atom stereocenters. The van der Waals surface area contributed by atoms with Crippen molar-refractivity contribution in [3.8, 4) is 11.8 Å². The first-order valence-electron chi connectivity index (χ1n) is 4.95. The van der Waals surface area contributed by atoms with Crippen LogP contribution in [0.15, 0.2) is 12.4 Å². The van der Waals surface area contributed by atoms with Gasteiger partial charge >= 0.3 is 0 Å². The van der Waals surface area contributed by atoms with Gasteiger partial charge in [-0.3, -0.25) is 0 Å². The van der Waals surface area contributed by atoms with Crippen LogP contribution in [0.4, 0.5) is 0 Å². The van der Waals surface area contributed by atoms with E-state index in [-0.39, 0.29) is 5.78 Å². The lowest BCUT2D eigenvalue weighted by Gasteiger charge is -1.91. The number of unbranched alkanes of at least 4 members (excludes halogenated alkanes) is 1. The molecule has 0 spiro atoms. The maximum Gasteiger partial charge on any atom is 0.129 e. The Bertz CT molecular complexity index is 384. The largest absolute Gasteiger partial charge is 0.300 e. The zero-order chi connectivity index (χ0) is 11.1. The summed E-state index contributed by atoms with van der Waals surface area (Å²) >= 11 is 0. The molecule has 0 aromatic carbocycles. The van der Waals surface area contributed by atoms with Crippen LogP contribution in [0.25, 0.3) is 0 Å². The minimum atomic E-state index is 0.218. The number of aryl methyl sites for hydroxylation is 1. The normalized spacial score (nSPS) is 9.20. The molecule has 0 N–H and O–H groups in total. The molecule has 0 fully saturated rings. The maximum absolute atomic E-state index is 10.6. The average molecular weight is 202 g/mol. The lowest BCUT2D eigenvalue weighted by atomic mass is 10.2. The summed E-state index contributed by atoms with van der Waals surface area (Å²) < 4.78 is 0. The number of rotatable bonds is 3. The Morgan fingerprint density at radius 2 is 2.07 bits per heavy atom. The fraction of sp³-hybridized carbons (Fsp3) is 0.417. The number of hydrogen-bond acceptors (Lipinski definition) is 3. The van der Waals surface area contributed by atoms with Crippen LogP contribution < -0.4 is 0 Å². The predicted octanol–water partition coefficient (Wildman–Crippen LogP) is 1.90. The molecule has 1 aromatic heterocycles. The monoisotopic (exact) mass is 202 g/mol. The van der Waals surface area contributed by atoms with Gasteiger partial charge in [0.1, 0.15) is 11.6 Å². The Hall–Kier alpha value is -1.69. The van der Waals surface area contributed by atoms with Crippen molar-refractivity contribution in [3.63, 3.8) is 0 Å². The van der Waals surface area contributed by atoms with E-state index in [1.807, 2.05) is 6.92 Å². The Balaban J connectivity index is 2.38. The van der Waals surface area contributed by atoms with Gasteiger partial charge in [-0.05, 0) is 20.3 Å². The van der Waals surface area contributed by atoms with Crippen molar-refractivity contribution in [1.29, 1.82) is 0 Å². The number of Topliss-reactive ketones (excluding diaryl/α,β-unsaturated/α-hetero) is 1. The van der Waals surface area contributed by atoms with Crippen molar-refractivity contribution < 1.29 is 4.79 Å². The van der Waals surface area contributed by atoms with Crippen LogP contribution in [-0.2, 0) is 4.79 Å². The molecule has 1 aromatic rings. The van der Waals surface area contributed by atoms with Crippen LogP contribution in [0, 0.1) is 18.8 Å². The number of hydrogen-bond donors (Lipinski definition) is 0. The summed E-state index contributed by atoms with van der Waals surface area (Å²) in [6.45, 7) is 3.44. The summed E-state index contributed by atoms with van der Waals surface area (Å²) in [6.07, 6.45) is 5.60. The van der Waals surface area contributed by atoms with E-state index in [0.717, 1.165) is 24.2 Å². The summed E-state index contributed by atoms with van der Waals surface area (Å²) in [5.41, 5.74) is 0.823. The molecule has 0 atom stereocenters. The van der Waals surface area contributed by atoms with Gasteiger partial charge in [-0.2, -0.15) is 0 Å². The highest BCUT2D eigenvalue weighted by Gasteiger charge is 1.91. The highest BCUT2D eigenvalue weighted by Crippen LogP contribution is 1.96. The highest BCUT2D eigenvalue weighted by molar-refractivity contribution is 5.75. The molecular weight excluding hydrogens is 188 g/mol. The number of carbonyl (C=O) groups excluding carboxylic acids is 1. The minimum Gasteiger partial charge on any atom is -0.300 e. The van der Waals surface area contributed by atoms with Crippen molar-refractivity contribution in [1.82, 2.24) is 9.97 Å². The topological polar surface area (TPSA) is 42.9 Å². The second-order valence-corrected chi connectivity index (χ2v) is 3.38. The molecule has 0 saturated heterocycles. The van der Waals surface area contributed by atoms with Crippen molar-refractivity contribution in [2.24, 2.45) is 0 Å². The SMILES string of the molecule is CC(=O)CCCC#Cc1cnc(C)nc1. The van der Waals surface area contributed by atoms with Crippen LogP contribution in [0.3, 0.4) is 0 Å². The molecular formula is C12H14N2O. The first-order chi connectivity index (χ1) is 7.18. The van der Waals surface area contributed by atoms with E-state index in [1.54, 1.807) is 19.3 Å². The third-order valence-electron chi connectivity index (χ3n) is 1.84. The summed E-state index contributed by atoms with van der Waals surface area (Å²) in [5.74, 6) is 6.92. The van der Waals surface area contributed by atoms with Crippen LogP contribution in [-0.4, -0.2) is 15.8 Å².